The first-order valence-electron chi connectivity index (χ1n) is 4.54. The van der Waals surface area contributed by atoms with E-state index in [-0.39, 0.29) is 19.0 Å². The SMILES string of the molecule is Nc1nc(=O)n([C@@H]2CO[C@H](CO)O2)cc1Br. The van der Waals surface area contributed by atoms with Gasteiger partial charge in [-0.3, -0.25) is 4.57 Å². The molecule has 1 aliphatic rings. The average molecular weight is 292 g/mol. The van der Waals surface area contributed by atoms with E-state index >= 15 is 0 Å². The summed E-state index contributed by atoms with van der Waals surface area (Å²) in [7, 11) is 0. The van der Waals surface area contributed by atoms with Crippen molar-refractivity contribution in [2.75, 3.05) is 18.9 Å². The number of anilines is 1. The molecule has 0 radical (unpaired) electrons. The Morgan fingerprint density at radius 1 is 1.75 bits per heavy atom. The number of rotatable bonds is 2. The molecule has 1 aliphatic heterocycles. The Morgan fingerprint density at radius 2 is 2.50 bits per heavy atom. The zero-order valence-corrected chi connectivity index (χ0v) is 9.75. The third kappa shape index (κ3) is 2.09. The van der Waals surface area contributed by atoms with Crippen LogP contribution in [0, 0.1) is 0 Å². The summed E-state index contributed by atoms with van der Waals surface area (Å²) in [6, 6.07) is 0. The van der Waals surface area contributed by atoms with Gasteiger partial charge in [0.25, 0.3) is 0 Å². The van der Waals surface area contributed by atoms with Crippen LogP contribution in [-0.2, 0) is 9.47 Å². The van der Waals surface area contributed by atoms with Gasteiger partial charge < -0.3 is 20.3 Å². The molecule has 0 unspecified atom stereocenters. The molecule has 1 fully saturated rings. The van der Waals surface area contributed by atoms with E-state index < -0.39 is 18.2 Å². The fourth-order valence-electron chi connectivity index (χ4n) is 1.35. The molecule has 1 aromatic heterocycles. The number of nitrogen functional groups attached to an aromatic ring is 1. The smallest absolute Gasteiger partial charge is 0.351 e. The predicted octanol–water partition coefficient (Wildman–Crippen LogP) is -0.548. The monoisotopic (exact) mass is 291 g/mol. The van der Waals surface area contributed by atoms with Crippen LogP contribution in [0.1, 0.15) is 6.23 Å². The number of hydrogen-bond donors (Lipinski definition) is 2. The van der Waals surface area contributed by atoms with Crippen LogP contribution in [0.2, 0.25) is 0 Å². The van der Waals surface area contributed by atoms with Crippen molar-refractivity contribution >= 4 is 21.7 Å². The maximum absolute atomic E-state index is 11.5. The van der Waals surface area contributed by atoms with Crippen molar-refractivity contribution in [3.8, 4) is 0 Å². The molecule has 0 amide bonds. The van der Waals surface area contributed by atoms with Gasteiger partial charge in [0.15, 0.2) is 12.5 Å². The number of nitrogens with zero attached hydrogens (tertiary/aromatic N) is 2. The first-order chi connectivity index (χ1) is 7.61. The largest absolute Gasteiger partial charge is 0.391 e. The van der Waals surface area contributed by atoms with Gasteiger partial charge in [0, 0.05) is 6.20 Å². The number of ether oxygens (including phenoxy) is 2. The highest BCUT2D eigenvalue weighted by Crippen LogP contribution is 2.21. The second-order valence-electron chi connectivity index (χ2n) is 3.20. The lowest BCUT2D eigenvalue weighted by molar-refractivity contribution is -0.0992. The Bertz CT molecular complexity index is 449. The standard InChI is InChI=1S/C8H10BrN3O4/c9-4-1-12(8(14)11-7(4)10)5-3-15-6(2-13)16-5/h1,5-6,13H,2-3H2,(H2,10,11,14)/t5-,6-/m0/s1. The van der Waals surface area contributed by atoms with Crippen LogP contribution in [0.25, 0.3) is 0 Å². The van der Waals surface area contributed by atoms with Crippen molar-refractivity contribution in [2.45, 2.75) is 12.5 Å². The summed E-state index contributed by atoms with van der Waals surface area (Å²) >= 11 is 3.17. The van der Waals surface area contributed by atoms with E-state index in [1.54, 1.807) is 0 Å². The highest BCUT2D eigenvalue weighted by molar-refractivity contribution is 9.10. The Morgan fingerprint density at radius 3 is 3.12 bits per heavy atom. The van der Waals surface area contributed by atoms with E-state index in [9.17, 15) is 4.79 Å². The molecule has 2 rings (SSSR count). The van der Waals surface area contributed by atoms with Crippen molar-refractivity contribution in [3.05, 3.63) is 21.2 Å². The third-order valence-corrected chi connectivity index (χ3v) is 2.74. The van der Waals surface area contributed by atoms with E-state index in [0.29, 0.717) is 4.47 Å². The van der Waals surface area contributed by atoms with E-state index in [2.05, 4.69) is 20.9 Å². The molecule has 1 saturated heterocycles. The first-order valence-corrected chi connectivity index (χ1v) is 5.33. The summed E-state index contributed by atoms with van der Waals surface area (Å²) in [5, 5.41) is 8.82. The molecule has 2 atom stereocenters. The van der Waals surface area contributed by atoms with Gasteiger partial charge in [-0.15, -0.1) is 0 Å². The van der Waals surface area contributed by atoms with Gasteiger partial charge in [-0.25, -0.2) is 4.79 Å². The summed E-state index contributed by atoms with van der Waals surface area (Å²) in [6.45, 7) is -0.0714. The lowest BCUT2D eigenvalue weighted by Gasteiger charge is -2.12. The number of aromatic nitrogens is 2. The molecule has 0 aliphatic carbocycles. The van der Waals surface area contributed by atoms with Gasteiger partial charge in [-0.1, -0.05) is 0 Å². The molecule has 7 nitrogen and oxygen atoms in total. The summed E-state index contributed by atoms with van der Waals surface area (Å²) in [5.41, 5.74) is 4.94. The van der Waals surface area contributed by atoms with Gasteiger partial charge in [0.2, 0.25) is 0 Å². The average Bonchev–Trinajstić information content (AvgIpc) is 2.71. The van der Waals surface area contributed by atoms with Crippen molar-refractivity contribution < 1.29 is 14.6 Å². The first kappa shape index (κ1) is 11.5. The molecule has 2 heterocycles. The van der Waals surface area contributed by atoms with Crippen LogP contribution in [0.3, 0.4) is 0 Å². The van der Waals surface area contributed by atoms with Crippen molar-refractivity contribution in [3.63, 3.8) is 0 Å². The minimum absolute atomic E-state index is 0.124. The number of hydrogen-bond acceptors (Lipinski definition) is 6. The molecule has 8 heteroatoms. The van der Waals surface area contributed by atoms with Crippen LogP contribution in [0.4, 0.5) is 5.82 Å². The van der Waals surface area contributed by atoms with Gasteiger partial charge in [0.05, 0.1) is 17.7 Å². The summed E-state index contributed by atoms with van der Waals surface area (Å²) in [4.78, 5) is 15.1. The van der Waals surface area contributed by atoms with Crippen molar-refractivity contribution in [1.82, 2.24) is 9.55 Å². The third-order valence-electron chi connectivity index (χ3n) is 2.13. The molecule has 88 valence electrons. The lowest BCUT2D eigenvalue weighted by atomic mass is 10.5. The molecule has 3 N–H and O–H groups in total. The van der Waals surface area contributed by atoms with E-state index in [4.69, 9.17) is 20.3 Å². The maximum atomic E-state index is 11.5. The highest BCUT2D eigenvalue weighted by Gasteiger charge is 2.27. The zero-order chi connectivity index (χ0) is 11.7. The second kappa shape index (κ2) is 4.50. The van der Waals surface area contributed by atoms with E-state index in [1.165, 1.54) is 10.8 Å². The van der Waals surface area contributed by atoms with Gasteiger partial charge in [-0.2, -0.15) is 4.98 Å². The van der Waals surface area contributed by atoms with Crippen LogP contribution in [0.5, 0.6) is 0 Å². The maximum Gasteiger partial charge on any atom is 0.351 e. The Hall–Kier alpha value is -0.960. The fourth-order valence-corrected chi connectivity index (χ4v) is 1.66. The zero-order valence-electron chi connectivity index (χ0n) is 8.17. The fraction of sp³-hybridized carbons (Fsp3) is 0.500. The topological polar surface area (TPSA) is 99.6 Å². The Kier molecular flexibility index (Phi) is 3.24. The summed E-state index contributed by atoms with van der Waals surface area (Å²) in [5.74, 6) is 0.124. The normalized spacial score (nSPS) is 24.9. The van der Waals surface area contributed by atoms with E-state index in [0.717, 1.165) is 0 Å². The highest BCUT2D eigenvalue weighted by atomic mass is 79.9. The number of aliphatic hydroxyl groups excluding tert-OH is 1. The van der Waals surface area contributed by atoms with Gasteiger partial charge >= 0.3 is 5.69 Å². The number of halogens is 1. The molecule has 0 bridgehead atoms. The van der Waals surface area contributed by atoms with Crippen LogP contribution in [0.15, 0.2) is 15.5 Å². The quantitative estimate of drug-likeness (QED) is 0.759. The van der Waals surface area contributed by atoms with Crippen molar-refractivity contribution in [2.24, 2.45) is 0 Å². The van der Waals surface area contributed by atoms with Crippen LogP contribution >= 0.6 is 15.9 Å². The Balaban J connectivity index is 2.28. The van der Waals surface area contributed by atoms with Crippen LogP contribution in [-0.4, -0.2) is 34.2 Å². The predicted molar refractivity (Wildman–Crippen MR) is 57.6 cm³/mol. The summed E-state index contributed by atoms with van der Waals surface area (Å²) in [6.07, 6.45) is 0.195. The molecular weight excluding hydrogens is 282 g/mol. The molecule has 0 saturated carbocycles. The minimum atomic E-state index is -0.701. The minimum Gasteiger partial charge on any atom is -0.391 e. The van der Waals surface area contributed by atoms with Gasteiger partial charge in [0.1, 0.15) is 5.82 Å². The molecule has 0 spiro atoms. The lowest BCUT2D eigenvalue weighted by Crippen LogP contribution is -2.29. The molecule has 16 heavy (non-hydrogen) atoms. The number of aliphatic hydroxyl groups is 1. The Labute approximate surface area is 98.9 Å². The van der Waals surface area contributed by atoms with Crippen molar-refractivity contribution in [1.29, 1.82) is 0 Å². The molecular formula is C8H10BrN3O4. The van der Waals surface area contributed by atoms with E-state index in [1.807, 2.05) is 0 Å². The van der Waals surface area contributed by atoms with Crippen LogP contribution < -0.4 is 11.4 Å². The molecule has 0 aromatic carbocycles. The number of nitrogens with two attached hydrogens (primary N) is 1. The van der Waals surface area contributed by atoms with Gasteiger partial charge in [-0.05, 0) is 15.9 Å². The second-order valence-corrected chi connectivity index (χ2v) is 4.05. The molecule has 1 aromatic rings. The summed E-state index contributed by atoms with van der Waals surface area (Å²) < 4.78 is 12.1.